The number of carbonyl (C=O) groups excluding carboxylic acids is 1. The van der Waals surface area contributed by atoms with Crippen LogP contribution in [0.5, 0.6) is 5.88 Å². The Kier molecular flexibility index (Phi) is 4.94. The van der Waals surface area contributed by atoms with E-state index in [4.69, 9.17) is 10.00 Å². The Labute approximate surface area is 154 Å². The quantitative estimate of drug-likeness (QED) is 0.842. The summed E-state index contributed by atoms with van der Waals surface area (Å²) >= 11 is 0. The van der Waals surface area contributed by atoms with Crippen LogP contribution in [-0.2, 0) is 4.79 Å². The summed E-state index contributed by atoms with van der Waals surface area (Å²) in [5, 5.41) is 8.86. The third kappa shape index (κ3) is 3.70. The Morgan fingerprint density at radius 3 is 2.62 bits per heavy atom. The first-order chi connectivity index (χ1) is 12.4. The zero-order valence-electron chi connectivity index (χ0n) is 15.4. The lowest BCUT2D eigenvalue weighted by molar-refractivity contribution is -0.146. The van der Waals surface area contributed by atoms with Crippen molar-refractivity contribution in [2.75, 3.05) is 6.54 Å². The number of rotatable bonds is 4. The van der Waals surface area contributed by atoms with E-state index < -0.39 is 5.60 Å². The van der Waals surface area contributed by atoms with Gasteiger partial charge in [0.15, 0.2) is 5.60 Å². The monoisotopic (exact) mass is 349 g/mol. The molecule has 1 fully saturated rings. The number of hydrogen-bond donors (Lipinski definition) is 0. The zero-order valence-corrected chi connectivity index (χ0v) is 15.4. The molecule has 5 heteroatoms. The SMILES string of the molecule is Cc1ccc(C2CCCN2C(=O)C(C)(C)Oc2ccc(C#N)cn2)cc1. The fourth-order valence-corrected chi connectivity index (χ4v) is 3.30. The Bertz CT molecular complexity index is 820. The van der Waals surface area contributed by atoms with Gasteiger partial charge in [-0.15, -0.1) is 0 Å². The number of benzene rings is 1. The molecule has 1 amide bonds. The second-order valence-corrected chi connectivity index (χ2v) is 7.18. The molecule has 1 atom stereocenters. The van der Waals surface area contributed by atoms with Gasteiger partial charge in [-0.3, -0.25) is 4.79 Å². The van der Waals surface area contributed by atoms with Gasteiger partial charge in [0, 0.05) is 18.8 Å². The third-order valence-corrected chi connectivity index (χ3v) is 4.72. The summed E-state index contributed by atoms with van der Waals surface area (Å²) in [5.74, 6) is 0.292. The van der Waals surface area contributed by atoms with Gasteiger partial charge in [0.05, 0.1) is 11.6 Å². The lowest BCUT2D eigenvalue weighted by Crippen LogP contribution is -2.48. The van der Waals surface area contributed by atoms with E-state index in [-0.39, 0.29) is 11.9 Å². The van der Waals surface area contributed by atoms with Gasteiger partial charge in [0.1, 0.15) is 6.07 Å². The molecule has 0 aliphatic carbocycles. The molecule has 1 unspecified atom stereocenters. The van der Waals surface area contributed by atoms with Gasteiger partial charge in [-0.25, -0.2) is 4.98 Å². The Morgan fingerprint density at radius 2 is 2.00 bits per heavy atom. The van der Waals surface area contributed by atoms with Crippen LogP contribution in [0, 0.1) is 18.3 Å². The number of aromatic nitrogens is 1. The van der Waals surface area contributed by atoms with E-state index in [1.807, 2.05) is 11.0 Å². The maximum atomic E-state index is 13.2. The summed E-state index contributed by atoms with van der Waals surface area (Å²) < 4.78 is 5.87. The second kappa shape index (κ2) is 7.17. The molecule has 1 saturated heterocycles. The zero-order chi connectivity index (χ0) is 18.7. The smallest absolute Gasteiger partial charge is 0.266 e. The molecule has 2 aromatic rings. The van der Waals surface area contributed by atoms with Gasteiger partial charge >= 0.3 is 0 Å². The predicted octanol–water partition coefficient (Wildman–Crippen LogP) is 3.78. The molecule has 1 aromatic carbocycles. The van der Waals surface area contributed by atoms with Crippen LogP contribution in [0.2, 0.25) is 0 Å². The summed E-state index contributed by atoms with van der Waals surface area (Å²) in [5.41, 5.74) is 1.79. The lowest BCUT2D eigenvalue weighted by Gasteiger charge is -2.33. The van der Waals surface area contributed by atoms with Crippen molar-refractivity contribution in [1.29, 1.82) is 5.26 Å². The summed E-state index contributed by atoms with van der Waals surface area (Å²) in [6, 6.07) is 13.7. The van der Waals surface area contributed by atoms with Gasteiger partial charge < -0.3 is 9.64 Å². The van der Waals surface area contributed by atoms with Crippen LogP contribution < -0.4 is 4.74 Å². The molecule has 0 bridgehead atoms. The highest BCUT2D eigenvalue weighted by atomic mass is 16.5. The molecular formula is C21H23N3O2. The first-order valence-corrected chi connectivity index (χ1v) is 8.83. The van der Waals surface area contributed by atoms with E-state index in [0.29, 0.717) is 11.4 Å². The van der Waals surface area contributed by atoms with Crippen LogP contribution in [-0.4, -0.2) is 27.9 Å². The average molecular weight is 349 g/mol. The van der Waals surface area contributed by atoms with E-state index in [9.17, 15) is 4.79 Å². The largest absolute Gasteiger partial charge is 0.462 e. The molecule has 26 heavy (non-hydrogen) atoms. The van der Waals surface area contributed by atoms with Crippen LogP contribution in [0.15, 0.2) is 42.6 Å². The minimum atomic E-state index is -1.03. The minimum absolute atomic E-state index is 0.0493. The molecule has 2 heterocycles. The summed E-state index contributed by atoms with van der Waals surface area (Å²) in [7, 11) is 0. The van der Waals surface area contributed by atoms with Gasteiger partial charge in [-0.1, -0.05) is 29.8 Å². The van der Waals surface area contributed by atoms with Gasteiger partial charge in [-0.2, -0.15) is 5.26 Å². The van der Waals surface area contributed by atoms with Crippen molar-refractivity contribution in [2.45, 2.75) is 45.3 Å². The van der Waals surface area contributed by atoms with Crippen molar-refractivity contribution in [2.24, 2.45) is 0 Å². The Hall–Kier alpha value is -2.87. The molecule has 1 aliphatic rings. The minimum Gasteiger partial charge on any atom is -0.462 e. The molecule has 3 rings (SSSR count). The van der Waals surface area contributed by atoms with Crippen molar-refractivity contribution in [3.63, 3.8) is 0 Å². The summed E-state index contributed by atoms with van der Waals surface area (Å²) in [6.45, 7) is 6.31. The van der Waals surface area contributed by atoms with Gasteiger partial charge in [0.25, 0.3) is 5.91 Å². The summed E-state index contributed by atoms with van der Waals surface area (Å²) in [6.07, 6.45) is 3.39. The number of amides is 1. The molecule has 1 aromatic heterocycles. The van der Waals surface area contributed by atoms with Crippen LogP contribution in [0.1, 0.15) is 49.4 Å². The number of likely N-dealkylation sites (tertiary alicyclic amines) is 1. The first-order valence-electron chi connectivity index (χ1n) is 8.83. The van der Waals surface area contributed by atoms with E-state index >= 15 is 0 Å². The van der Waals surface area contributed by atoms with Crippen molar-refractivity contribution >= 4 is 5.91 Å². The number of nitrogens with zero attached hydrogens (tertiary/aromatic N) is 3. The van der Waals surface area contributed by atoms with Crippen LogP contribution in [0.4, 0.5) is 0 Å². The molecule has 0 spiro atoms. The van der Waals surface area contributed by atoms with Gasteiger partial charge in [0.2, 0.25) is 5.88 Å². The van der Waals surface area contributed by atoms with E-state index in [1.54, 1.807) is 26.0 Å². The maximum Gasteiger partial charge on any atom is 0.266 e. The van der Waals surface area contributed by atoms with Gasteiger partial charge in [-0.05, 0) is 45.2 Å². The maximum absolute atomic E-state index is 13.2. The number of pyridine rings is 1. The standard InChI is InChI=1S/C21H23N3O2/c1-15-6-9-17(10-7-15)18-5-4-12-24(18)20(25)21(2,3)26-19-11-8-16(13-22)14-23-19/h6-11,14,18H,4-5,12H2,1-3H3. The normalized spacial score (nSPS) is 17.0. The summed E-state index contributed by atoms with van der Waals surface area (Å²) in [4.78, 5) is 19.2. The topological polar surface area (TPSA) is 66.2 Å². The number of aryl methyl sites for hydroxylation is 1. The fraction of sp³-hybridized carbons (Fsp3) is 0.381. The molecular weight excluding hydrogens is 326 g/mol. The van der Waals surface area contributed by atoms with Crippen LogP contribution in [0.3, 0.4) is 0 Å². The van der Waals surface area contributed by atoms with E-state index in [1.165, 1.54) is 11.8 Å². The lowest BCUT2D eigenvalue weighted by atomic mass is 10.0. The van der Waals surface area contributed by atoms with Crippen molar-refractivity contribution < 1.29 is 9.53 Å². The molecule has 5 nitrogen and oxygen atoms in total. The van der Waals surface area contributed by atoms with Crippen molar-refractivity contribution in [3.8, 4) is 11.9 Å². The van der Waals surface area contributed by atoms with Crippen LogP contribution >= 0.6 is 0 Å². The average Bonchev–Trinajstić information content (AvgIpc) is 3.11. The molecule has 0 saturated carbocycles. The van der Waals surface area contributed by atoms with Crippen molar-refractivity contribution in [1.82, 2.24) is 9.88 Å². The predicted molar refractivity (Wildman–Crippen MR) is 98.5 cm³/mol. The second-order valence-electron chi connectivity index (χ2n) is 7.18. The number of nitriles is 1. The number of hydrogen-bond acceptors (Lipinski definition) is 4. The molecule has 1 aliphatic heterocycles. The number of ether oxygens (including phenoxy) is 1. The fourth-order valence-electron chi connectivity index (χ4n) is 3.30. The van der Waals surface area contributed by atoms with E-state index in [2.05, 4.69) is 36.2 Å². The number of carbonyl (C=O) groups is 1. The van der Waals surface area contributed by atoms with Crippen molar-refractivity contribution in [3.05, 3.63) is 59.3 Å². The molecule has 134 valence electrons. The van der Waals surface area contributed by atoms with E-state index in [0.717, 1.165) is 24.9 Å². The first kappa shape index (κ1) is 17.9. The highest BCUT2D eigenvalue weighted by Crippen LogP contribution is 2.34. The third-order valence-electron chi connectivity index (χ3n) is 4.72. The highest BCUT2D eigenvalue weighted by molar-refractivity contribution is 5.85. The molecule has 0 radical (unpaired) electrons. The highest BCUT2D eigenvalue weighted by Gasteiger charge is 2.40. The Balaban J connectivity index is 1.77. The van der Waals surface area contributed by atoms with Crippen LogP contribution in [0.25, 0.3) is 0 Å². The molecule has 0 N–H and O–H groups in total. The Morgan fingerprint density at radius 1 is 1.27 bits per heavy atom.